The van der Waals surface area contributed by atoms with E-state index in [1.807, 2.05) is 6.92 Å². The molecule has 8 heteroatoms. The second-order valence-electron chi connectivity index (χ2n) is 6.59. The normalized spacial score (nSPS) is 16.6. The number of halogens is 4. The van der Waals surface area contributed by atoms with Gasteiger partial charge in [-0.25, -0.2) is 0 Å². The minimum absolute atomic E-state index is 0. The molecule has 0 spiro atoms. The Morgan fingerprint density at radius 2 is 1.81 bits per heavy atom. The zero-order valence-corrected chi connectivity index (χ0v) is 26.7. The van der Waals surface area contributed by atoms with Crippen molar-refractivity contribution in [3.63, 3.8) is 0 Å². The minimum atomic E-state index is -1.85. The summed E-state index contributed by atoms with van der Waals surface area (Å²) < 4.78 is 27.4. The molecular formula is C24H22Cl2F2K2O2-2. The van der Waals surface area contributed by atoms with E-state index in [9.17, 15) is 18.7 Å². The molecule has 3 rings (SSSR count). The number of carbonyl (C=O) groups is 1. The third-order valence-corrected chi connectivity index (χ3v) is 5.31. The van der Waals surface area contributed by atoms with E-state index in [1.54, 1.807) is 36.4 Å². The van der Waals surface area contributed by atoms with Crippen LogP contribution in [0.4, 0.5) is 8.78 Å². The Bertz CT molecular complexity index is 992. The molecule has 162 valence electrons. The number of allylic oxidation sites excluding steroid dienone is 2. The largest absolute Gasteiger partial charge is 1.00 e. The van der Waals surface area contributed by atoms with E-state index in [0.29, 0.717) is 33.7 Å². The van der Waals surface area contributed by atoms with E-state index >= 15 is 0 Å². The van der Waals surface area contributed by atoms with E-state index in [-0.39, 0.29) is 146 Å². The maximum absolute atomic E-state index is 13.7. The molecule has 2 aromatic carbocycles. The Morgan fingerprint density at radius 3 is 2.38 bits per heavy atom. The molecule has 0 saturated heterocycles. The fourth-order valence-electron chi connectivity index (χ4n) is 3.44. The Kier molecular flexibility index (Phi) is 17.4. The summed E-state index contributed by atoms with van der Waals surface area (Å²) in [7, 11) is 0. The molecule has 0 aromatic heterocycles. The Hall–Kier alpha value is 0.973. The van der Waals surface area contributed by atoms with Crippen molar-refractivity contribution in [3.8, 4) is 0 Å². The van der Waals surface area contributed by atoms with Gasteiger partial charge in [0.25, 0.3) is 0 Å². The van der Waals surface area contributed by atoms with Crippen LogP contribution in [0.15, 0.2) is 48.0 Å². The van der Waals surface area contributed by atoms with E-state index in [0.717, 1.165) is 0 Å². The molecule has 0 heterocycles. The summed E-state index contributed by atoms with van der Waals surface area (Å²) in [5.74, 6) is -1.46. The molecule has 1 atom stereocenters. The van der Waals surface area contributed by atoms with Crippen LogP contribution < -0.4 is 103 Å². The van der Waals surface area contributed by atoms with Crippen molar-refractivity contribution >= 4 is 34.7 Å². The average molecular weight is 530 g/mol. The molecule has 1 aliphatic rings. The van der Waals surface area contributed by atoms with Crippen molar-refractivity contribution in [1.82, 2.24) is 0 Å². The van der Waals surface area contributed by atoms with Gasteiger partial charge in [0.05, 0.1) is 0 Å². The predicted octanol–water partition coefficient (Wildman–Crippen LogP) is 1.63. The van der Waals surface area contributed by atoms with Crippen molar-refractivity contribution < 1.29 is 121 Å². The van der Waals surface area contributed by atoms with Crippen molar-refractivity contribution in [1.29, 1.82) is 0 Å². The van der Waals surface area contributed by atoms with Gasteiger partial charge >= 0.3 is 103 Å². The second-order valence-corrected chi connectivity index (χ2v) is 7.43. The number of hydrogen-bond acceptors (Lipinski definition) is 1. The topological polar surface area (TPSA) is 37.3 Å². The summed E-state index contributed by atoms with van der Waals surface area (Å²) in [6.07, 6.45) is 3.08. The van der Waals surface area contributed by atoms with Gasteiger partial charge in [0, 0.05) is 5.02 Å². The van der Waals surface area contributed by atoms with Crippen molar-refractivity contribution in [2.45, 2.75) is 25.7 Å². The van der Waals surface area contributed by atoms with Gasteiger partial charge in [-0.1, -0.05) is 66.7 Å². The van der Waals surface area contributed by atoms with Gasteiger partial charge in [-0.15, -0.1) is 40.0 Å². The first kappa shape index (κ1) is 35.1. The molecule has 0 saturated carbocycles. The molecule has 0 aliphatic heterocycles. The molecule has 0 bridgehead atoms. The van der Waals surface area contributed by atoms with Gasteiger partial charge in [-0.05, 0) is 23.1 Å². The quantitative estimate of drug-likeness (QED) is 0.483. The minimum Gasteiger partial charge on any atom is -0.535 e. The zero-order valence-electron chi connectivity index (χ0n) is 18.9. The molecule has 1 aliphatic carbocycles. The van der Waals surface area contributed by atoms with Gasteiger partial charge < -0.3 is 24.8 Å². The number of benzene rings is 2. The maximum Gasteiger partial charge on any atom is 1.00 e. The Balaban J connectivity index is 0. The van der Waals surface area contributed by atoms with E-state index in [4.69, 9.17) is 23.2 Å². The number of hydrogen-bond donors (Lipinski definition) is 1. The smallest absolute Gasteiger partial charge is 0.535 e. The molecule has 0 amide bonds. The molecule has 32 heavy (non-hydrogen) atoms. The van der Waals surface area contributed by atoms with Gasteiger partial charge in [0.2, 0.25) is 5.97 Å². The van der Waals surface area contributed by atoms with Crippen molar-refractivity contribution in [2.24, 2.45) is 0 Å². The standard InChI is InChI=1S/C22H16Cl2F2O2.2CH3.2K/c1-12-5-4-7-15(22(27)28)16(9-13-6-2-3-8-19(13)24)17-10-14(23)11-18(20(12)17)21(25)26;;;;/h2-4,6,8,10-12H,5,9H2,1H3,(H,27,28);2*1H3;;/q-2;2*-1;2*+1/b16-15+;;;;. The van der Waals surface area contributed by atoms with Crippen LogP contribution in [0.2, 0.25) is 10.0 Å². The fraction of sp³-hybridized carbons (Fsp3) is 0.167. The number of rotatable bonds is 4. The molecule has 1 unspecified atom stereocenters. The number of fused-ring (bicyclic) bond motifs is 1. The molecule has 1 N–H and O–H groups in total. The maximum atomic E-state index is 13.7. The van der Waals surface area contributed by atoms with Crippen LogP contribution in [0.5, 0.6) is 0 Å². The Morgan fingerprint density at radius 1 is 1.19 bits per heavy atom. The number of carboxylic acids is 1. The van der Waals surface area contributed by atoms with E-state index in [2.05, 4.69) is 6.08 Å². The van der Waals surface area contributed by atoms with Crippen molar-refractivity contribution in [2.75, 3.05) is 0 Å². The molecular weight excluding hydrogens is 507 g/mol. The third kappa shape index (κ3) is 8.28. The Labute approximate surface area is 284 Å². The van der Waals surface area contributed by atoms with Gasteiger partial charge in [0.1, 0.15) is 0 Å². The summed E-state index contributed by atoms with van der Waals surface area (Å²) in [5, 5.41) is 10.3. The number of aliphatic carboxylic acids is 1. The predicted molar refractivity (Wildman–Crippen MR) is 119 cm³/mol. The van der Waals surface area contributed by atoms with Crippen LogP contribution in [-0.4, -0.2) is 11.1 Å². The van der Waals surface area contributed by atoms with Crippen LogP contribution in [0.1, 0.15) is 41.5 Å². The summed E-state index contributed by atoms with van der Waals surface area (Å²) in [6, 6.07) is 9.78. The van der Waals surface area contributed by atoms with Gasteiger partial charge in [-0.2, -0.15) is 6.08 Å². The van der Waals surface area contributed by atoms with E-state index < -0.39 is 12.4 Å². The van der Waals surface area contributed by atoms with Crippen LogP contribution >= 0.6 is 23.2 Å². The molecule has 2 nitrogen and oxygen atoms in total. The van der Waals surface area contributed by atoms with Crippen LogP contribution in [0.25, 0.3) is 5.57 Å². The van der Waals surface area contributed by atoms with Crippen molar-refractivity contribution in [3.05, 3.63) is 108 Å². The van der Waals surface area contributed by atoms with Gasteiger partial charge in [0.15, 0.2) is 6.43 Å². The average Bonchev–Trinajstić information content (AvgIpc) is 2.63. The summed E-state index contributed by atoms with van der Waals surface area (Å²) in [6.45, 7) is 1.82. The number of carboxylic acid groups (broad SMARTS) is 1. The van der Waals surface area contributed by atoms with Crippen LogP contribution in [0.3, 0.4) is 0 Å². The van der Waals surface area contributed by atoms with Crippen LogP contribution in [0, 0.1) is 27.4 Å². The first-order chi connectivity index (χ1) is 13.3. The van der Waals surface area contributed by atoms with Gasteiger partial charge in [-0.3, -0.25) is 8.78 Å². The monoisotopic (exact) mass is 528 g/mol. The van der Waals surface area contributed by atoms with E-state index in [1.165, 1.54) is 6.07 Å². The SMILES string of the molecule is CC1CC=[C-]/C(C(=O)O)=C(/Cc2ccccc2Cl)c2cc(Cl)cc([C-](F)F)c21.[CH3-].[CH3-].[K+].[K+]. The summed E-state index contributed by atoms with van der Waals surface area (Å²) in [4.78, 5) is 11.9. The molecule has 0 fully saturated rings. The zero-order chi connectivity index (χ0) is 20.4. The fourth-order valence-corrected chi connectivity index (χ4v) is 3.86. The summed E-state index contributed by atoms with van der Waals surface area (Å²) in [5.41, 5.74) is 1.46. The molecule has 2 aromatic rings. The molecule has 0 radical (unpaired) electrons. The summed E-state index contributed by atoms with van der Waals surface area (Å²) >= 11 is 12.4. The van der Waals surface area contributed by atoms with Crippen LogP contribution in [-0.2, 0) is 11.2 Å². The first-order valence-corrected chi connectivity index (χ1v) is 9.35. The second kappa shape index (κ2) is 15.9. The third-order valence-electron chi connectivity index (χ3n) is 4.72. The first-order valence-electron chi connectivity index (χ1n) is 8.59.